The second-order valence-corrected chi connectivity index (χ2v) is 7.52. The quantitative estimate of drug-likeness (QED) is 0.594. The van der Waals surface area contributed by atoms with E-state index >= 15 is 0 Å². The van der Waals surface area contributed by atoms with Crippen LogP contribution in [0.25, 0.3) is 11.4 Å². The number of halogens is 3. The normalized spacial score (nSPS) is 16.0. The van der Waals surface area contributed by atoms with Gasteiger partial charge in [0.05, 0.1) is 5.56 Å². The predicted octanol–water partition coefficient (Wildman–Crippen LogP) is 5.42. The lowest BCUT2D eigenvalue weighted by atomic mass is 9.96. The molecule has 30 heavy (non-hydrogen) atoms. The summed E-state index contributed by atoms with van der Waals surface area (Å²) in [6, 6.07) is 5.41. The highest BCUT2D eigenvalue weighted by Crippen LogP contribution is 2.39. The highest BCUT2D eigenvalue weighted by atomic mass is 19.4. The molecule has 3 aromatic rings. The summed E-state index contributed by atoms with van der Waals surface area (Å²) in [6.45, 7) is 0. The van der Waals surface area contributed by atoms with E-state index in [1.807, 2.05) is 0 Å². The number of hydrogen-bond acceptors (Lipinski definition) is 5. The molecule has 0 atom stereocenters. The first-order valence-electron chi connectivity index (χ1n) is 9.75. The zero-order valence-electron chi connectivity index (χ0n) is 15.6. The molecule has 0 amide bonds. The van der Waals surface area contributed by atoms with Gasteiger partial charge in [-0.2, -0.15) is 18.2 Å². The molecular weight excluding hydrogens is 393 g/mol. The number of alkyl halides is 3. The molecule has 1 fully saturated rings. The van der Waals surface area contributed by atoms with Crippen molar-refractivity contribution < 1.29 is 13.2 Å². The number of nitrogens with zero attached hydrogens (tertiary/aromatic N) is 4. The number of H-pyrrole nitrogens is 1. The molecule has 6 nitrogen and oxygen atoms in total. The van der Waals surface area contributed by atoms with Crippen LogP contribution in [-0.2, 0) is 19.0 Å². The molecule has 5 rings (SSSR count). The Morgan fingerprint density at radius 1 is 1.00 bits per heavy atom. The Hall–Kier alpha value is -2.97. The standard InChI is InChI=1S/C20H19F3N6.CH4/c21-20(22,23)14-7-3-1-5-12(14)17-24-15-8-4-2-6-13(15)18(25-17)27-19-26-16(28-29-19)11-9-10-11;/h1,3,5,7,11H,2,4,6,8-10H2,(H2,24,25,26,27,28,29);1H4. The third kappa shape index (κ3) is 3.88. The average molecular weight is 416 g/mol. The Bertz CT molecular complexity index is 1060. The van der Waals surface area contributed by atoms with Gasteiger partial charge >= 0.3 is 6.18 Å². The highest BCUT2D eigenvalue weighted by Gasteiger charge is 2.34. The topological polar surface area (TPSA) is 79.4 Å². The van der Waals surface area contributed by atoms with E-state index in [2.05, 4.69) is 30.5 Å². The maximum Gasteiger partial charge on any atom is 0.417 e. The fourth-order valence-electron chi connectivity index (χ4n) is 3.72. The van der Waals surface area contributed by atoms with Crippen LogP contribution in [0.4, 0.5) is 24.9 Å². The van der Waals surface area contributed by atoms with E-state index in [1.54, 1.807) is 6.07 Å². The summed E-state index contributed by atoms with van der Waals surface area (Å²) in [6.07, 6.45) is 1.15. The zero-order valence-corrected chi connectivity index (χ0v) is 15.6. The molecule has 0 spiro atoms. The monoisotopic (exact) mass is 416 g/mol. The molecule has 0 radical (unpaired) electrons. The largest absolute Gasteiger partial charge is 0.417 e. The van der Waals surface area contributed by atoms with Crippen LogP contribution >= 0.6 is 0 Å². The van der Waals surface area contributed by atoms with Gasteiger partial charge in [-0.05, 0) is 44.6 Å². The molecule has 0 aliphatic heterocycles. The summed E-state index contributed by atoms with van der Waals surface area (Å²) in [4.78, 5) is 13.4. The predicted molar refractivity (Wildman–Crippen MR) is 107 cm³/mol. The van der Waals surface area contributed by atoms with Crippen LogP contribution in [0.5, 0.6) is 0 Å². The minimum Gasteiger partial charge on any atom is -0.307 e. The number of nitrogens with one attached hydrogen (secondary N) is 2. The van der Waals surface area contributed by atoms with Crippen LogP contribution < -0.4 is 5.32 Å². The SMILES string of the molecule is C.FC(F)(F)c1ccccc1-c1nc2c(c(Nc3n[nH]c(C4CC4)n3)n1)CCCC2. The number of anilines is 2. The Morgan fingerprint density at radius 2 is 1.77 bits per heavy atom. The second-order valence-electron chi connectivity index (χ2n) is 7.52. The van der Waals surface area contributed by atoms with Crippen LogP contribution in [0.1, 0.15) is 61.7 Å². The average Bonchev–Trinajstić information content (AvgIpc) is 3.46. The van der Waals surface area contributed by atoms with E-state index in [0.717, 1.165) is 61.7 Å². The molecule has 2 aliphatic carbocycles. The van der Waals surface area contributed by atoms with Crippen LogP contribution in [0.3, 0.4) is 0 Å². The van der Waals surface area contributed by atoms with E-state index in [0.29, 0.717) is 17.7 Å². The first-order valence-corrected chi connectivity index (χ1v) is 9.75. The van der Waals surface area contributed by atoms with Crippen molar-refractivity contribution in [3.05, 3.63) is 46.9 Å². The van der Waals surface area contributed by atoms with Crippen LogP contribution in [0.15, 0.2) is 24.3 Å². The second kappa shape index (κ2) is 7.70. The summed E-state index contributed by atoms with van der Waals surface area (Å²) < 4.78 is 40.5. The summed E-state index contributed by atoms with van der Waals surface area (Å²) in [5.74, 6) is 2.19. The number of rotatable bonds is 4. The van der Waals surface area contributed by atoms with Gasteiger partial charge in [-0.3, -0.25) is 5.10 Å². The van der Waals surface area contributed by atoms with Gasteiger partial charge in [0.1, 0.15) is 11.6 Å². The lowest BCUT2D eigenvalue weighted by Gasteiger charge is -2.20. The van der Waals surface area contributed by atoms with Gasteiger partial charge in [0.25, 0.3) is 0 Å². The maximum absolute atomic E-state index is 13.5. The number of fused-ring (bicyclic) bond motifs is 1. The molecule has 9 heteroatoms. The van der Waals surface area contributed by atoms with Crippen molar-refractivity contribution in [2.45, 2.75) is 58.0 Å². The number of benzene rings is 1. The summed E-state index contributed by atoms with van der Waals surface area (Å²) in [5, 5.41) is 10.2. The van der Waals surface area contributed by atoms with Crippen molar-refractivity contribution in [3.63, 3.8) is 0 Å². The Morgan fingerprint density at radius 3 is 2.53 bits per heavy atom. The third-order valence-electron chi connectivity index (χ3n) is 5.35. The Balaban J connectivity index is 0.00000218. The van der Waals surface area contributed by atoms with Crippen molar-refractivity contribution in [1.82, 2.24) is 25.1 Å². The van der Waals surface area contributed by atoms with Gasteiger partial charge in [0.15, 0.2) is 5.82 Å². The van der Waals surface area contributed by atoms with Crippen molar-refractivity contribution in [2.24, 2.45) is 0 Å². The Kier molecular flexibility index (Phi) is 5.21. The van der Waals surface area contributed by atoms with E-state index in [9.17, 15) is 13.2 Å². The summed E-state index contributed by atoms with van der Waals surface area (Å²) in [5.41, 5.74) is 0.960. The van der Waals surface area contributed by atoms with Crippen LogP contribution in [0.2, 0.25) is 0 Å². The van der Waals surface area contributed by atoms with Crippen molar-refractivity contribution in [1.29, 1.82) is 0 Å². The number of aryl methyl sites for hydroxylation is 1. The van der Waals surface area contributed by atoms with E-state index in [1.165, 1.54) is 12.1 Å². The van der Waals surface area contributed by atoms with Gasteiger partial charge in [0, 0.05) is 22.7 Å². The molecule has 0 bridgehead atoms. The first-order chi connectivity index (χ1) is 14.0. The first kappa shape index (κ1) is 20.3. The maximum atomic E-state index is 13.5. The van der Waals surface area contributed by atoms with Gasteiger partial charge in [-0.1, -0.05) is 25.6 Å². The summed E-state index contributed by atoms with van der Waals surface area (Å²) >= 11 is 0. The lowest BCUT2D eigenvalue weighted by Crippen LogP contribution is -2.14. The Labute approximate surface area is 172 Å². The molecule has 158 valence electrons. The van der Waals surface area contributed by atoms with Gasteiger partial charge in [-0.25, -0.2) is 9.97 Å². The molecule has 2 N–H and O–H groups in total. The van der Waals surface area contributed by atoms with Crippen molar-refractivity contribution in [3.8, 4) is 11.4 Å². The number of aromatic nitrogens is 5. The zero-order chi connectivity index (χ0) is 20.0. The highest BCUT2D eigenvalue weighted by molar-refractivity contribution is 5.66. The minimum atomic E-state index is -4.48. The molecule has 0 saturated heterocycles. The summed E-state index contributed by atoms with van der Waals surface area (Å²) in [7, 11) is 0. The van der Waals surface area contributed by atoms with E-state index in [4.69, 9.17) is 0 Å². The fourth-order valence-corrected chi connectivity index (χ4v) is 3.72. The minimum absolute atomic E-state index is 0. The fraction of sp³-hybridized carbons (Fsp3) is 0.429. The third-order valence-corrected chi connectivity index (χ3v) is 5.35. The number of aromatic amines is 1. The molecule has 2 heterocycles. The lowest BCUT2D eigenvalue weighted by molar-refractivity contribution is -0.137. The van der Waals surface area contributed by atoms with Crippen LogP contribution in [0, 0.1) is 0 Å². The molecule has 0 unspecified atom stereocenters. The van der Waals surface area contributed by atoms with E-state index < -0.39 is 11.7 Å². The number of hydrogen-bond donors (Lipinski definition) is 2. The molecular formula is C21H23F3N6. The van der Waals surface area contributed by atoms with Crippen molar-refractivity contribution in [2.75, 3.05) is 5.32 Å². The van der Waals surface area contributed by atoms with Crippen molar-refractivity contribution >= 4 is 11.8 Å². The van der Waals surface area contributed by atoms with Gasteiger partial charge in [0.2, 0.25) is 5.95 Å². The van der Waals surface area contributed by atoms with Gasteiger partial charge in [-0.15, -0.1) is 5.10 Å². The molecule has 1 saturated carbocycles. The van der Waals surface area contributed by atoms with E-state index in [-0.39, 0.29) is 18.8 Å². The van der Waals surface area contributed by atoms with Crippen LogP contribution in [-0.4, -0.2) is 25.1 Å². The molecule has 2 aromatic heterocycles. The van der Waals surface area contributed by atoms with Gasteiger partial charge < -0.3 is 5.32 Å². The molecule has 1 aromatic carbocycles. The molecule has 2 aliphatic rings. The smallest absolute Gasteiger partial charge is 0.307 e.